The topological polar surface area (TPSA) is 77.2 Å². The average Bonchev–Trinajstić information content (AvgIpc) is 2.50. The lowest BCUT2D eigenvalue weighted by Gasteiger charge is -2.25. The highest BCUT2D eigenvalue weighted by molar-refractivity contribution is 6.30. The Morgan fingerprint density at radius 3 is 3.05 bits per heavy atom. The van der Waals surface area contributed by atoms with Crippen molar-refractivity contribution in [2.75, 3.05) is 17.7 Å². The van der Waals surface area contributed by atoms with E-state index >= 15 is 0 Å². The molecule has 0 aliphatic carbocycles. The smallest absolute Gasteiger partial charge is 0.233 e. The fourth-order valence-corrected chi connectivity index (χ4v) is 2.67. The molecule has 5 nitrogen and oxygen atoms in total. The minimum Gasteiger partial charge on any atom is -0.493 e. The lowest BCUT2D eigenvalue weighted by Crippen LogP contribution is -2.26. The summed E-state index contributed by atoms with van der Waals surface area (Å²) in [6, 6.07) is 7.09. The van der Waals surface area contributed by atoms with E-state index in [-0.39, 0.29) is 11.8 Å². The number of rotatable bonds is 2. The van der Waals surface area contributed by atoms with Crippen LogP contribution in [0.25, 0.3) is 0 Å². The van der Waals surface area contributed by atoms with Crippen molar-refractivity contribution >= 4 is 29.0 Å². The maximum atomic E-state index is 12.6. The number of aromatic nitrogens is 1. The third-order valence-electron chi connectivity index (χ3n) is 3.73. The number of pyridine rings is 1. The van der Waals surface area contributed by atoms with Crippen LogP contribution in [0, 0.1) is 6.92 Å². The quantitative estimate of drug-likeness (QED) is 0.892. The highest BCUT2D eigenvalue weighted by atomic mass is 35.5. The largest absolute Gasteiger partial charge is 0.493 e. The van der Waals surface area contributed by atoms with Crippen LogP contribution < -0.4 is 15.8 Å². The van der Waals surface area contributed by atoms with E-state index in [1.807, 2.05) is 6.92 Å². The maximum Gasteiger partial charge on any atom is 0.233 e. The summed E-state index contributed by atoms with van der Waals surface area (Å²) in [4.78, 5) is 16.7. The molecule has 1 aliphatic rings. The minimum absolute atomic E-state index is 0.122. The summed E-state index contributed by atoms with van der Waals surface area (Å²) in [6.45, 7) is 2.37. The molecule has 0 bridgehead atoms. The zero-order chi connectivity index (χ0) is 15.7. The monoisotopic (exact) mass is 317 g/mol. The summed E-state index contributed by atoms with van der Waals surface area (Å²) in [5, 5.41) is 3.42. The first-order valence-corrected chi connectivity index (χ1v) is 7.37. The van der Waals surface area contributed by atoms with Gasteiger partial charge in [-0.1, -0.05) is 11.6 Å². The van der Waals surface area contributed by atoms with E-state index in [0.29, 0.717) is 35.3 Å². The average molecular weight is 318 g/mol. The first-order valence-electron chi connectivity index (χ1n) is 7.00. The lowest BCUT2D eigenvalue weighted by molar-refractivity contribution is -0.118. The molecule has 0 spiro atoms. The molecule has 1 aromatic heterocycles. The number of nitrogens with two attached hydrogens (primary N) is 1. The molecule has 114 valence electrons. The van der Waals surface area contributed by atoms with Crippen LogP contribution in [-0.4, -0.2) is 17.5 Å². The molecule has 0 radical (unpaired) electrons. The molecule has 0 saturated carbocycles. The van der Waals surface area contributed by atoms with Crippen LogP contribution in [0.3, 0.4) is 0 Å². The number of amides is 1. The number of carbonyl (C=O) groups is 1. The number of hydrogen-bond acceptors (Lipinski definition) is 4. The molecule has 6 heteroatoms. The fourth-order valence-electron chi connectivity index (χ4n) is 2.49. The summed E-state index contributed by atoms with van der Waals surface area (Å²) in [7, 11) is 0. The van der Waals surface area contributed by atoms with Crippen molar-refractivity contribution in [3.05, 3.63) is 46.6 Å². The van der Waals surface area contributed by atoms with Gasteiger partial charge in [-0.3, -0.25) is 4.79 Å². The van der Waals surface area contributed by atoms with Gasteiger partial charge in [0.05, 0.1) is 24.4 Å². The number of benzene rings is 1. The predicted molar refractivity (Wildman–Crippen MR) is 86.3 cm³/mol. The summed E-state index contributed by atoms with van der Waals surface area (Å²) in [5.41, 5.74) is 8.02. The van der Waals surface area contributed by atoms with Gasteiger partial charge in [0, 0.05) is 10.6 Å². The molecule has 1 amide bonds. The van der Waals surface area contributed by atoms with E-state index in [0.717, 1.165) is 11.1 Å². The predicted octanol–water partition coefficient (Wildman–Crippen LogP) is 3.13. The molecule has 1 aromatic carbocycles. The maximum absolute atomic E-state index is 12.6. The van der Waals surface area contributed by atoms with Crippen molar-refractivity contribution in [1.82, 2.24) is 4.98 Å². The Labute approximate surface area is 133 Å². The van der Waals surface area contributed by atoms with Crippen molar-refractivity contribution in [3.8, 4) is 5.75 Å². The SMILES string of the molecule is Cc1cc(NC(=O)C2CCOc3ccc(Cl)cc32)ncc1N. The Kier molecular flexibility index (Phi) is 3.90. The highest BCUT2D eigenvalue weighted by Crippen LogP contribution is 2.36. The summed E-state index contributed by atoms with van der Waals surface area (Å²) < 4.78 is 5.57. The Balaban J connectivity index is 1.84. The van der Waals surface area contributed by atoms with Crippen molar-refractivity contribution in [2.45, 2.75) is 19.3 Å². The number of aryl methyl sites for hydroxylation is 1. The Morgan fingerprint density at radius 1 is 1.45 bits per heavy atom. The van der Waals surface area contributed by atoms with E-state index in [1.165, 1.54) is 0 Å². The van der Waals surface area contributed by atoms with Crippen LogP contribution in [0.5, 0.6) is 5.75 Å². The van der Waals surface area contributed by atoms with E-state index in [9.17, 15) is 4.79 Å². The first-order chi connectivity index (χ1) is 10.5. The van der Waals surface area contributed by atoms with Crippen LogP contribution in [-0.2, 0) is 4.79 Å². The molecule has 1 unspecified atom stereocenters. The van der Waals surface area contributed by atoms with E-state index < -0.39 is 0 Å². The van der Waals surface area contributed by atoms with Gasteiger partial charge in [0.25, 0.3) is 0 Å². The molecule has 0 saturated heterocycles. The van der Waals surface area contributed by atoms with Gasteiger partial charge in [-0.15, -0.1) is 0 Å². The molecule has 0 fully saturated rings. The number of nitrogens with one attached hydrogen (secondary N) is 1. The molecular weight excluding hydrogens is 302 g/mol. The van der Waals surface area contributed by atoms with Gasteiger partial charge in [0.15, 0.2) is 0 Å². The lowest BCUT2D eigenvalue weighted by atomic mass is 9.92. The second-order valence-corrected chi connectivity index (χ2v) is 5.72. The van der Waals surface area contributed by atoms with E-state index in [1.54, 1.807) is 30.5 Å². The normalized spacial score (nSPS) is 16.5. The number of halogens is 1. The van der Waals surface area contributed by atoms with E-state index in [4.69, 9.17) is 22.1 Å². The first kappa shape index (κ1) is 14.7. The Hall–Kier alpha value is -2.27. The molecule has 2 aromatic rings. The second kappa shape index (κ2) is 5.85. The van der Waals surface area contributed by atoms with Crippen molar-refractivity contribution < 1.29 is 9.53 Å². The molecular formula is C16H16ClN3O2. The van der Waals surface area contributed by atoms with Gasteiger partial charge in [-0.25, -0.2) is 4.98 Å². The van der Waals surface area contributed by atoms with Gasteiger partial charge in [0.1, 0.15) is 11.6 Å². The van der Waals surface area contributed by atoms with Crippen LogP contribution in [0.1, 0.15) is 23.5 Å². The number of nitrogens with zero attached hydrogens (tertiary/aromatic N) is 1. The minimum atomic E-state index is -0.304. The number of ether oxygens (including phenoxy) is 1. The van der Waals surface area contributed by atoms with Crippen molar-refractivity contribution in [2.24, 2.45) is 0 Å². The van der Waals surface area contributed by atoms with Crippen LogP contribution in [0.2, 0.25) is 5.02 Å². The highest BCUT2D eigenvalue weighted by Gasteiger charge is 2.28. The molecule has 1 aliphatic heterocycles. The van der Waals surface area contributed by atoms with Gasteiger partial charge in [-0.2, -0.15) is 0 Å². The van der Waals surface area contributed by atoms with Crippen LogP contribution in [0.4, 0.5) is 11.5 Å². The van der Waals surface area contributed by atoms with Crippen LogP contribution >= 0.6 is 11.6 Å². The third-order valence-corrected chi connectivity index (χ3v) is 3.97. The molecule has 3 N–H and O–H groups in total. The second-order valence-electron chi connectivity index (χ2n) is 5.29. The van der Waals surface area contributed by atoms with E-state index in [2.05, 4.69) is 10.3 Å². The van der Waals surface area contributed by atoms with Crippen LogP contribution in [0.15, 0.2) is 30.5 Å². The summed E-state index contributed by atoms with van der Waals surface area (Å²) in [6.07, 6.45) is 2.15. The van der Waals surface area contributed by atoms with Crippen molar-refractivity contribution in [1.29, 1.82) is 0 Å². The number of nitrogen functional groups attached to an aromatic ring is 1. The number of anilines is 2. The fraction of sp³-hybridized carbons (Fsp3) is 0.250. The van der Waals surface area contributed by atoms with Crippen molar-refractivity contribution in [3.63, 3.8) is 0 Å². The molecule has 3 rings (SSSR count). The molecule has 22 heavy (non-hydrogen) atoms. The summed E-state index contributed by atoms with van der Waals surface area (Å²) >= 11 is 6.03. The molecule has 1 atom stereocenters. The Bertz CT molecular complexity index is 733. The zero-order valence-corrected chi connectivity index (χ0v) is 12.9. The summed E-state index contributed by atoms with van der Waals surface area (Å²) in [5.74, 6) is 0.773. The van der Waals surface area contributed by atoms with Gasteiger partial charge in [0.2, 0.25) is 5.91 Å². The van der Waals surface area contributed by atoms with Gasteiger partial charge in [-0.05, 0) is 43.2 Å². The number of carbonyl (C=O) groups excluding carboxylic acids is 1. The Morgan fingerprint density at radius 2 is 2.27 bits per heavy atom. The third kappa shape index (κ3) is 2.85. The van der Waals surface area contributed by atoms with Gasteiger partial charge >= 0.3 is 0 Å². The number of fused-ring (bicyclic) bond motifs is 1. The van der Waals surface area contributed by atoms with Gasteiger partial charge < -0.3 is 15.8 Å². The zero-order valence-electron chi connectivity index (χ0n) is 12.1. The standard InChI is InChI=1S/C16H16ClN3O2/c1-9-6-15(19-8-13(9)18)20-16(21)11-4-5-22-14-3-2-10(17)7-12(11)14/h2-3,6-8,11H,4-5,18H2,1H3,(H,19,20,21). The number of hydrogen-bond donors (Lipinski definition) is 2. The molecule has 2 heterocycles.